The van der Waals surface area contributed by atoms with Gasteiger partial charge >= 0.3 is 5.95 Å². The van der Waals surface area contributed by atoms with Gasteiger partial charge < -0.3 is 10.1 Å². The third-order valence-electron chi connectivity index (χ3n) is 2.33. The van der Waals surface area contributed by atoms with Crippen LogP contribution in [0.5, 0.6) is 0 Å². The molecule has 0 bridgehead atoms. The summed E-state index contributed by atoms with van der Waals surface area (Å²) in [5, 5.41) is 16.7. The SMILES string of the molecule is O=c1cc(Cn2cnc([N+](=O)[O-])n2)nc2nc[nH]n12. The maximum absolute atomic E-state index is 11.7. The summed E-state index contributed by atoms with van der Waals surface area (Å²) < 4.78 is 2.40. The van der Waals surface area contributed by atoms with Crippen LogP contribution in [0.4, 0.5) is 5.95 Å². The normalized spacial score (nSPS) is 10.9. The molecule has 96 valence electrons. The summed E-state index contributed by atoms with van der Waals surface area (Å²) in [6.07, 6.45) is 2.54. The lowest BCUT2D eigenvalue weighted by molar-refractivity contribution is -0.394. The molecule has 3 heterocycles. The molecular weight excluding hydrogens is 256 g/mol. The summed E-state index contributed by atoms with van der Waals surface area (Å²) in [6.45, 7) is 0.0967. The van der Waals surface area contributed by atoms with Crippen molar-refractivity contribution in [2.45, 2.75) is 6.54 Å². The number of nitrogens with zero attached hydrogens (tertiary/aromatic N) is 7. The molecule has 3 aromatic rings. The average Bonchev–Trinajstić information content (AvgIpc) is 2.97. The van der Waals surface area contributed by atoms with Gasteiger partial charge in [-0.15, -0.1) is 0 Å². The zero-order valence-electron chi connectivity index (χ0n) is 9.29. The largest absolute Gasteiger partial charge is 0.490 e. The van der Waals surface area contributed by atoms with Gasteiger partial charge in [0, 0.05) is 11.2 Å². The van der Waals surface area contributed by atoms with E-state index in [2.05, 4.69) is 25.1 Å². The quantitative estimate of drug-likeness (QED) is 0.470. The standard InChI is InChI=1S/C8H6N8O3/c17-6-1-5(12-7-9-3-11-15(6)7)2-14-4-10-8(13-14)16(18)19/h1,3-4H,2H2,(H,9,11,12). The number of H-pyrrole nitrogens is 1. The highest BCUT2D eigenvalue weighted by Crippen LogP contribution is 2.02. The molecule has 11 nitrogen and oxygen atoms in total. The highest BCUT2D eigenvalue weighted by atomic mass is 16.6. The topological polar surface area (TPSA) is 137 Å². The Hall–Kier alpha value is -3.11. The van der Waals surface area contributed by atoms with Crippen molar-refractivity contribution in [2.75, 3.05) is 0 Å². The van der Waals surface area contributed by atoms with Crippen molar-refractivity contribution in [1.29, 1.82) is 0 Å². The summed E-state index contributed by atoms with van der Waals surface area (Å²) in [7, 11) is 0. The Bertz CT molecular complexity index is 815. The molecule has 0 fully saturated rings. The summed E-state index contributed by atoms with van der Waals surface area (Å²) >= 11 is 0. The van der Waals surface area contributed by atoms with Crippen LogP contribution in [0.3, 0.4) is 0 Å². The van der Waals surface area contributed by atoms with Crippen molar-refractivity contribution in [3.8, 4) is 0 Å². The van der Waals surface area contributed by atoms with Crippen molar-refractivity contribution >= 4 is 11.7 Å². The number of nitrogens with one attached hydrogen (secondary N) is 1. The number of fused-ring (bicyclic) bond motifs is 1. The van der Waals surface area contributed by atoms with E-state index in [0.717, 1.165) is 0 Å². The third kappa shape index (κ3) is 1.92. The van der Waals surface area contributed by atoms with Crippen LogP contribution < -0.4 is 5.56 Å². The van der Waals surface area contributed by atoms with Gasteiger partial charge in [-0.2, -0.15) is 9.20 Å². The zero-order chi connectivity index (χ0) is 13.4. The highest BCUT2D eigenvalue weighted by molar-refractivity contribution is 5.26. The van der Waals surface area contributed by atoms with Crippen LogP contribution >= 0.6 is 0 Å². The van der Waals surface area contributed by atoms with E-state index in [9.17, 15) is 14.9 Å². The molecule has 3 rings (SSSR count). The Morgan fingerprint density at radius 1 is 1.42 bits per heavy atom. The van der Waals surface area contributed by atoms with E-state index < -0.39 is 10.9 Å². The second-order valence-electron chi connectivity index (χ2n) is 3.61. The summed E-state index contributed by atoms with van der Waals surface area (Å²) in [5.74, 6) is -0.283. The van der Waals surface area contributed by atoms with Crippen molar-refractivity contribution in [3.63, 3.8) is 0 Å². The first-order valence-corrected chi connectivity index (χ1v) is 5.09. The maximum Gasteiger partial charge on any atom is 0.490 e. The van der Waals surface area contributed by atoms with Crippen molar-refractivity contribution < 1.29 is 4.92 Å². The maximum atomic E-state index is 11.7. The molecule has 0 radical (unpaired) electrons. The smallest absolute Gasteiger partial charge is 0.390 e. The molecule has 0 aliphatic heterocycles. The average molecular weight is 262 g/mol. The third-order valence-corrected chi connectivity index (χ3v) is 2.33. The van der Waals surface area contributed by atoms with E-state index >= 15 is 0 Å². The summed E-state index contributed by atoms with van der Waals surface area (Å²) in [4.78, 5) is 32.9. The number of nitro groups is 1. The predicted octanol–water partition coefficient (Wildman–Crippen LogP) is -1.03. The molecule has 0 amide bonds. The molecule has 3 aromatic heterocycles. The molecule has 0 aliphatic carbocycles. The fraction of sp³-hybridized carbons (Fsp3) is 0.125. The van der Waals surface area contributed by atoms with Crippen LogP contribution in [-0.4, -0.2) is 39.3 Å². The van der Waals surface area contributed by atoms with Crippen molar-refractivity contribution in [1.82, 2.24) is 34.3 Å². The van der Waals surface area contributed by atoms with Gasteiger partial charge in [-0.1, -0.05) is 4.98 Å². The van der Waals surface area contributed by atoms with Crippen molar-refractivity contribution in [2.24, 2.45) is 0 Å². The molecule has 0 saturated heterocycles. The number of hydrogen-bond acceptors (Lipinski definition) is 7. The van der Waals surface area contributed by atoms with Gasteiger partial charge in [-0.05, 0) is 4.92 Å². The van der Waals surface area contributed by atoms with E-state index in [0.29, 0.717) is 5.69 Å². The first kappa shape index (κ1) is 11.0. The van der Waals surface area contributed by atoms with Gasteiger partial charge in [0.05, 0.1) is 5.69 Å². The lowest BCUT2D eigenvalue weighted by Gasteiger charge is -1.97. The number of hydrogen-bond donors (Lipinski definition) is 1. The van der Waals surface area contributed by atoms with Crippen LogP contribution in [0.2, 0.25) is 0 Å². The van der Waals surface area contributed by atoms with E-state index in [-0.39, 0.29) is 17.9 Å². The number of aromatic nitrogens is 7. The lowest BCUT2D eigenvalue weighted by Crippen LogP contribution is -2.17. The predicted molar refractivity (Wildman–Crippen MR) is 59.4 cm³/mol. The molecule has 0 aliphatic rings. The first-order chi connectivity index (χ1) is 9.13. The minimum absolute atomic E-state index is 0.0967. The van der Waals surface area contributed by atoms with E-state index in [1.807, 2.05) is 0 Å². The van der Waals surface area contributed by atoms with Gasteiger partial charge in [-0.25, -0.2) is 9.97 Å². The fourth-order valence-corrected chi connectivity index (χ4v) is 1.56. The van der Waals surface area contributed by atoms with Crippen molar-refractivity contribution in [3.05, 3.63) is 44.9 Å². The van der Waals surface area contributed by atoms with Crippen LogP contribution in [0.1, 0.15) is 5.69 Å². The molecule has 0 saturated carbocycles. The van der Waals surface area contributed by atoms with Gasteiger partial charge in [0.1, 0.15) is 12.9 Å². The van der Waals surface area contributed by atoms with E-state index in [1.165, 1.54) is 27.9 Å². The van der Waals surface area contributed by atoms with Gasteiger partial charge in [-0.3, -0.25) is 9.89 Å². The van der Waals surface area contributed by atoms with Crippen LogP contribution in [-0.2, 0) is 6.54 Å². The van der Waals surface area contributed by atoms with Crippen LogP contribution in [0.15, 0.2) is 23.5 Å². The number of rotatable bonds is 3. The van der Waals surface area contributed by atoms with Crippen LogP contribution in [0.25, 0.3) is 5.78 Å². The second kappa shape index (κ2) is 3.97. The summed E-state index contributed by atoms with van der Waals surface area (Å²) in [5.41, 5.74) is 0.0593. The highest BCUT2D eigenvalue weighted by Gasteiger charge is 2.14. The molecule has 1 N–H and O–H groups in total. The molecule has 19 heavy (non-hydrogen) atoms. The van der Waals surface area contributed by atoms with Gasteiger partial charge in [0.15, 0.2) is 0 Å². The van der Waals surface area contributed by atoms with E-state index in [4.69, 9.17) is 0 Å². The van der Waals surface area contributed by atoms with E-state index in [1.54, 1.807) is 0 Å². The fourth-order valence-electron chi connectivity index (χ4n) is 1.56. The van der Waals surface area contributed by atoms with Gasteiger partial charge in [0.25, 0.3) is 11.3 Å². The zero-order valence-corrected chi connectivity index (χ0v) is 9.29. The summed E-state index contributed by atoms with van der Waals surface area (Å²) in [6, 6.07) is 1.29. The number of aromatic amines is 1. The Morgan fingerprint density at radius 3 is 3.00 bits per heavy atom. The molecule has 11 heteroatoms. The molecule has 0 spiro atoms. The Balaban J connectivity index is 1.96. The molecule has 0 atom stereocenters. The van der Waals surface area contributed by atoms with Crippen LogP contribution in [0, 0.1) is 10.1 Å². The Labute approximate surface area is 103 Å². The lowest BCUT2D eigenvalue weighted by atomic mass is 10.4. The Morgan fingerprint density at radius 2 is 2.26 bits per heavy atom. The van der Waals surface area contributed by atoms with Gasteiger partial charge in [0.2, 0.25) is 6.33 Å². The minimum atomic E-state index is -0.699. The molecule has 0 aromatic carbocycles. The monoisotopic (exact) mass is 262 g/mol. The first-order valence-electron chi connectivity index (χ1n) is 5.09. The Kier molecular flexibility index (Phi) is 2.30. The second-order valence-corrected chi connectivity index (χ2v) is 3.61. The minimum Gasteiger partial charge on any atom is -0.390 e. The molecular formula is C8H6N8O3. The molecule has 0 unspecified atom stereocenters.